The minimum atomic E-state index is 0.699. The van der Waals surface area contributed by atoms with Gasteiger partial charge in [-0.25, -0.2) is 0 Å². The highest BCUT2D eigenvalue weighted by Crippen LogP contribution is 2.13. The molecule has 1 rings (SSSR count). The van der Waals surface area contributed by atoms with Crippen molar-refractivity contribution in [1.29, 1.82) is 0 Å². The molecule has 0 fully saturated rings. The van der Waals surface area contributed by atoms with Crippen LogP contribution in [-0.2, 0) is 0 Å². The number of nitrogens with zero attached hydrogens (tertiary/aromatic N) is 1. The highest BCUT2D eigenvalue weighted by molar-refractivity contribution is 4.91. The van der Waals surface area contributed by atoms with Crippen LogP contribution in [0.5, 0.6) is 0 Å². The molecule has 0 aliphatic carbocycles. The molecule has 0 amide bonds. The fourth-order valence-electron chi connectivity index (χ4n) is 1.76. The van der Waals surface area contributed by atoms with E-state index in [-0.39, 0.29) is 0 Å². The van der Waals surface area contributed by atoms with Crippen molar-refractivity contribution < 1.29 is 0 Å². The zero-order valence-electron chi connectivity index (χ0n) is 9.88. The SMILES string of the molecule is CC.CC(C)N1CCC=CCC1C. The summed E-state index contributed by atoms with van der Waals surface area (Å²) in [6.45, 7) is 12.1. The fourth-order valence-corrected chi connectivity index (χ4v) is 1.76. The molecule has 1 heteroatoms. The van der Waals surface area contributed by atoms with E-state index in [1.54, 1.807) is 0 Å². The average molecular weight is 183 g/mol. The summed E-state index contributed by atoms with van der Waals surface area (Å²) in [5, 5.41) is 0. The van der Waals surface area contributed by atoms with Gasteiger partial charge in [-0.05, 0) is 33.6 Å². The number of hydrogen-bond acceptors (Lipinski definition) is 1. The minimum absolute atomic E-state index is 0.699. The second-order valence-corrected chi connectivity index (χ2v) is 3.68. The van der Waals surface area contributed by atoms with E-state index in [1.165, 1.54) is 19.4 Å². The Balaban J connectivity index is 0.000000671. The third-order valence-electron chi connectivity index (χ3n) is 2.43. The summed E-state index contributed by atoms with van der Waals surface area (Å²) in [7, 11) is 0. The Labute approximate surface area is 83.8 Å². The van der Waals surface area contributed by atoms with E-state index in [0.29, 0.717) is 6.04 Å². The third kappa shape index (κ3) is 4.47. The third-order valence-corrected chi connectivity index (χ3v) is 2.43. The molecule has 1 unspecified atom stereocenters. The van der Waals surface area contributed by atoms with Gasteiger partial charge in [-0.2, -0.15) is 0 Å². The average Bonchev–Trinajstić information content (AvgIpc) is 2.33. The molecule has 0 aromatic rings. The highest BCUT2D eigenvalue weighted by atomic mass is 15.2. The van der Waals surface area contributed by atoms with Crippen molar-refractivity contribution in [2.45, 2.75) is 59.5 Å². The predicted octanol–water partition coefficient (Wildman–Crippen LogP) is 3.46. The molecule has 1 aliphatic heterocycles. The van der Waals surface area contributed by atoms with Crippen molar-refractivity contribution in [3.8, 4) is 0 Å². The zero-order chi connectivity index (χ0) is 10.3. The van der Waals surface area contributed by atoms with Gasteiger partial charge in [0.15, 0.2) is 0 Å². The van der Waals surface area contributed by atoms with Crippen LogP contribution in [0.4, 0.5) is 0 Å². The molecule has 0 aromatic heterocycles. The zero-order valence-corrected chi connectivity index (χ0v) is 9.88. The summed E-state index contributed by atoms with van der Waals surface area (Å²) < 4.78 is 0. The molecule has 0 saturated carbocycles. The molecule has 1 nitrogen and oxygen atoms in total. The molecular weight excluding hydrogens is 158 g/mol. The first-order chi connectivity index (χ1) is 6.22. The molecule has 1 heterocycles. The van der Waals surface area contributed by atoms with Gasteiger partial charge in [0.05, 0.1) is 0 Å². The summed E-state index contributed by atoms with van der Waals surface area (Å²) in [5.74, 6) is 0. The molecule has 78 valence electrons. The van der Waals surface area contributed by atoms with Crippen molar-refractivity contribution in [1.82, 2.24) is 4.90 Å². The molecule has 0 aromatic carbocycles. The maximum Gasteiger partial charge on any atom is 0.0104 e. The minimum Gasteiger partial charge on any atom is -0.298 e. The van der Waals surface area contributed by atoms with Gasteiger partial charge in [0.25, 0.3) is 0 Å². The smallest absolute Gasteiger partial charge is 0.0104 e. The van der Waals surface area contributed by atoms with Crippen LogP contribution in [0.3, 0.4) is 0 Å². The van der Waals surface area contributed by atoms with Crippen LogP contribution in [0.1, 0.15) is 47.5 Å². The van der Waals surface area contributed by atoms with Gasteiger partial charge in [-0.1, -0.05) is 26.0 Å². The Hall–Kier alpha value is -0.300. The summed E-state index contributed by atoms with van der Waals surface area (Å²) in [5.41, 5.74) is 0. The van der Waals surface area contributed by atoms with Gasteiger partial charge < -0.3 is 0 Å². The van der Waals surface area contributed by atoms with Crippen molar-refractivity contribution >= 4 is 0 Å². The topological polar surface area (TPSA) is 3.24 Å². The lowest BCUT2D eigenvalue weighted by Crippen LogP contribution is -2.38. The van der Waals surface area contributed by atoms with Crippen LogP contribution in [0.15, 0.2) is 12.2 Å². The van der Waals surface area contributed by atoms with E-state index < -0.39 is 0 Å². The largest absolute Gasteiger partial charge is 0.298 e. The van der Waals surface area contributed by atoms with Crippen LogP contribution < -0.4 is 0 Å². The van der Waals surface area contributed by atoms with Gasteiger partial charge in [-0.3, -0.25) is 4.90 Å². The number of hydrogen-bond donors (Lipinski definition) is 0. The maximum atomic E-state index is 2.57. The molecule has 0 N–H and O–H groups in total. The van der Waals surface area contributed by atoms with Gasteiger partial charge >= 0.3 is 0 Å². The Morgan fingerprint density at radius 2 is 1.85 bits per heavy atom. The molecule has 13 heavy (non-hydrogen) atoms. The van der Waals surface area contributed by atoms with Crippen molar-refractivity contribution in [3.05, 3.63) is 12.2 Å². The molecule has 1 atom stereocenters. The van der Waals surface area contributed by atoms with Crippen molar-refractivity contribution in [3.63, 3.8) is 0 Å². The number of rotatable bonds is 1. The van der Waals surface area contributed by atoms with E-state index >= 15 is 0 Å². The molecule has 0 radical (unpaired) electrons. The second kappa shape index (κ2) is 7.14. The van der Waals surface area contributed by atoms with Crippen LogP contribution in [0, 0.1) is 0 Å². The van der Waals surface area contributed by atoms with E-state index in [9.17, 15) is 0 Å². The fraction of sp³-hybridized carbons (Fsp3) is 0.833. The second-order valence-electron chi connectivity index (χ2n) is 3.68. The molecule has 0 saturated heterocycles. The standard InChI is InChI=1S/C10H19N.C2H6/c1-9(2)11-8-6-4-5-7-10(11)3;1-2/h4-5,9-10H,6-8H2,1-3H3;1-2H3. The van der Waals surface area contributed by atoms with Crippen LogP contribution in [0.2, 0.25) is 0 Å². The predicted molar refractivity (Wildman–Crippen MR) is 61.0 cm³/mol. The van der Waals surface area contributed by atoms with E-state index in [2.05, 4.69) is 37.8 Å². The Bertz CT molecular complexity index is 138. The first kappa shape index (κ1) is 12.7. The maximum absolute atomic E-state index is 2.57. The Morgan fingerprint density at radius 1 is 1.23 bits per heavy atom. The summed E-state index contributed by atoms with van der Waals surface area (Å²) in [6, 6.07) is 1.43. The Morgan fingerprint density at radius 3 is 2.38 bits per heavy atom. The van der Waals surface area contributed by atoms with Crippen LogP contribution in [0.25, 0.3) is 0 Å². The highest BCUT2D eigenvalue weighted by Gasteiger charge is 2.16. The van der Waals surface area contributed by atoms with Crippen LogP contribution in [-0.4, -0.2) is 23.5 Å². The lowest BCUT2D eigenvalue weighted by Gasteiger charge is -2.30. The first-order valence-corrected chi connectivity index (χ1v) is 5.62. The molecule has 0 bridgehead atoms. The Kier molecular flexibility index (Phi) is 6.97. The summed E-state index contributed by atoms with van der Waals surface area (Å²) >= 11 is 0. The first-order valence-electron chi connectivity index (χ1n) is 5.62. The van der Waals surface area contributed by atoms with E-state index in [4.69, 9.17) is 0 Å². The van der Waals surface area contributed by atoms with E-state index in [1.807, 2.05) is 13.8 Å². The lowest BCUT2D eigenvalue weighted by atomic mass is 10.2. The van der Waals surface area contributed by atoms with Gasteiger partial charge in [0.2, 0.25) is 0 Å². The lowest BCUT2D eigenvalue weighted by molar-refractivity contribution is 0.172. The van der Waals surface area contributed by atoms with Gasteiger partial charge in [0.1, 0.15) is 0 Å². The quantitative estimate of drug-likeness (QED) is 0.563. The van der Waals surface area contributed by atoms with Crippen molar-refractivity contribution in [2.24, 2.45) is 0 Å². The molecular formula is C12H25N. The monoisotopic (exact) mass is 183 g/mol. The van der Waals surface area contributed by atoms with Crippen molar-refractivity contribution in [2.75, 3.05) is 6.54 Å². The molecule has 0 spiro atoms. The van der Waals surface area contributed by atoms with Gasteiger partial charge in [0, 0.05) is 18.6 Å². The van der Waals surface area contributed by atoms with E-state index in [0.717, 1.165) is 6.04 Å². The summed E-state index contributed by atoms with van der Waals surface area (Å²) in [4.78, 5) is 2.57. The van der Waals surface area contributed by atoms with Gasteiger partial charge in [-0.15, -0.1) is 0 Å². The normalized spacial score (nSPS) is 23.7. The summed E-state index contributed by atoms with van der Waals surface area (Å²) in [6.07, 6.45) is 7.06. The molecule has 1 aliphatic rings. The van der Waals surface area contributed by atoms with Crippen LogP contribution >= 0.6 is 0 Å².